The van der Waals surface area contributed by atoms with Gasteiger partial charge in [-0.05, 0) is 58.2 Å². The first-order valence-corrected chi connectivity index (χ1v) is 8.15. The highest BCUT2D eigenvalue weighted by Gasteiger charge is 2.41. The van der Waals surface area contributed by atoms with Crippen LogP contribution in [0.25, 0.3) is 0 Å². The quantitative estimate of drug-likeness (QED) is 0.770. The van der Waals surface area contributed by atoms with Crippen molar-refractivity contribution in [3.05, 3.63) is 0 Å². The lowest BCUT2D eigenvalue weighted by atomic mass is 9.98. The summed E-state index contributed by atoms with van der Waals surface area (Å²) in [4.78, 5) is 12.5. The van der Waals surface area contributed by atoms with Crippen LogP contribution in [0.3, 0.4) is 0 Å². The molecule has 3 aliphatic rings. The van der Waals surface area contributed by atoms with Crippen LogP contribution >= 0.6 is 0 Å². The largest absolute Gasteiger partial charge is 0.378 e. The van der Waals surface area contributed by atoms with Gasteiger partial charge >= 0.3 is 0 Å². The molecule has 0 aromatic heterocycles. The molecule has 0 amide bonds. The van der Waals surface area contributed by atoms with Crippen molar-refractivity contribution in [3.8, 4) is 0 Å². The third kappa shape index (κ3) is 3.60. The number of nitrogens with zero attached hydrogens (tertiary/aromatic N) is 1. The lowest BCUT2D eigenvalue weighted by Gasteiger charge is -2.16. The van der Waals surface area contributed by atoms with Crippen molar-refractivity contribution < 1.29 is 9.90 Å². The standard InChI is InChI=1S/2C8H15NO/c1-9-5-6-3-2-4-7(6)8(9)10;1-9-5-7-3-2-4-8(7)6-10/h6-8,10H,2-5H2,1H3;6-9H,2-5H2,1H3/t6-,7-,8?;7-,8-/m00/s1. The van der Waals surface area contributed by atoms with Crippen molar-refractivity contribution in [1.82, 2.24) is 10.2 Å². The molecule has 1 heterocycles. The van der Waals surface area contributed by atoms with Gasteiger partial charge < -0.3 is 15.2 Å². The van der Waals surface area contributed by atoms with Gasteiger partial charge in [-0.25, -0.2) is 0 Å². The van der Waals surface area contributed by atoms with Crippen LogP contribution in [-0.4, -0.2) is 49.7 Å². The van der Waals surface area contributed by atoms with Crippen molar-refractivity contribution in [1.29, 1.82) is 0 Å². The number of hydrogen-bond acceptors (Lipinski definition) is 4. The van der Waals surface area contributed by atoms with Crippen molar-refractivity contribution in [2.45, 2.75) is 44.8 Å². The number of aldehydes is 1. The Morgan fingerprint density at radius 1 is 1.25 bits per heavy atom. The van der Waals surface area contributed by atoms with Gasteiger partial charge in [-0.15, -0.1) is 0 Å². The van der Waals surface area contributed by atoms with Crippen LogP contribution in [0, 0.1) is 23.7 Å². The van der Waals surface area contributed by atoms with Crippen LogP contribution in [0.1, 0.15) is 38.5 Å². The van der Waals surface area contributed by atoms with Gasteiger partial charge in [-0.3, -0.25) is 4.90 Å². The monoisotopic (exact) mass is 282 g/mol. The van der Waals surface area contributed by atoms with Crippen LogP contribution in [-0.2, 0) is 4.79 Å². The summed E-state index contributed by atoms with van der Waals surface area (Å²) in [5, 5.41) is 12.7. The van der Waals surface area contributed by atoms with Crippen LogP contribution in [0.15, 0.2) is 0 Å². The SMILES string of the molecule is CN1C[C@@H]2CCC[C@@H]2C1O.CNC[C@@H]1CCC[C@H]1C=O. The number of aliphatic hydroxyl groups excluding tert-OH is 1. The van der Waals surface area contributed by atoms with E-state index in [0.29, 0.717) is 17.8 Å². The number of fused-ring (bicyclic) bond motifs is 1. The zero-order chi connectivity index (χ0) is 14.5. The Bertz CT molecular complexity index is 309. The molecule has 4 nitrogen and oxygen atoms in total. The molecule has 1 aliphatic heterocycles. The molecule has 0 spiro atoms. The minimum absolute atomic E-state index is 0.132. The number of carbonyl (C=O) groups excluding carboxylic acids is 1. The zero-order valence-electron chi connectivity index (χ0n) is 12.9. The van der Waals surface area contributed by atoms with Crippen LogP contribution in [0.5, 0.6) is 0 Å². The second kappa shape index (κ2) is 7.53. The fourth-order valence-corrected chi connectivity index (χ4v) is 4.25. The Morgan fingerprint density at radius 2 is 2.00 bits per heavy atom. The molecule has 1 saturated heterocycles. The maximum Gasteiger partial charge on any atom is 0.123 e. The van der Waals surface area contributed by atoms with Gasteiger partial charge in [0.1, 0.15) is 12.5 Å². The molecule has 0 bridgehead atoms. The number of nitrogens with one attached hydrogen (secondary N) is 1. The second-order valence-corrected chi connectivity index (χ2v) is 6.76. The predicted octanol–water partition coefficient (Wildman–Crippen LogP) is 1.49. The first-order valence-electron chi connectivity index (χ1n) is 8.15. The molecule has 1 unspecified atom stereocenters. The lowest BCUT2D eigenvalue weighted by Crippen LogP contribution is -2.28. The topological polar surface area (TPSA) is 52.6 Å². The molecule has 0 aromatic carbocycles. The van der Waals surface area contributed by atoms with Crippen molar-refractivity contribution in [2.24, 2.45) is 23.7 Å². The fourth-order valence-electron chi connectivity index (χ4n) is 4.25. The summed E-state index contributed by atoms with van der Waals surface area (Å²) < 4.78 is 0. The molecular weight excluding hydrogens is 252 g/mol. The van der Waals surface area contributed by atoms with E-state index in [4.69, 9.17) is 0 Å². The van der Waals surface area contributed by atoms with Gasteiger partial charge in [-0.1, -0.05) is 12.8 Å². The first kappa shape index (κ1) is 15.9. The summed E-state index contributed by atoms with van der Waals surface area (Å²) in [6.45, 7) is 2.12. The number of carbonyl (C=O) groups is 1. The highest BCUT2D eigenvalue weighted by atomic mass is 16.3. The molecule has 3 rings (SSSR count). The Labute approximate surface area is 122 Å². The highest BCUT2D eigenvalue weighted by Crippen LogP contribution is 2.40. The first-order chi connectivity index (χ1) is 9.67. The molecule has 5 atom stereocenters. The fraction of sp³-hybridized carbons (Fsp3) is 0.938. The zero-order valence-corrected chi connectivity index (χ0v) is 12.9. The number of rotatable bonds is 3. The minimum Gasteiger partial charge on any atom is -0.378 e. The van der Waals surface area contributed by atoms with Crippen LogP contribution < -0.4 is 5.32 Å². The molecule has 20 heavy (non-hydrogen) atoms. The lowest BCUT2D eigenvalue weighted by molar-refractivity contribution is -0.111. The van der Waals surface area contributed by atoms with E-state index in [1.165, 1.54) is 32.1 Å². The summed E-state index contributed by atoms with van der Waals surface area (Å²) in [5.41, 5.74) is 0. The molecule has 2 aliphatic carbocycles. The van der Waals surface area contributed by atoms with Gasteiger partial charge in [0.15, 0.2) is 0 Å². The van der Waals surface area contributed by atoms with E-state index >= 15 is 0 Å². The van der Waals surface area contributed by atoms with Crippen molar-refractivity contribution in [3.63, 3.8) is 0 Å². The van der Waals surface area contributed by atoms with Crippen molar-refractivity contribution in [2.75, 3.05) is 27.2 Å². The van der Waals surface area contributed by atoms with Crippen LogP contribution in [0.2, 0.25) is 0 Å². The molecule has 0 radical (unpaired) electrons. The average molecular weight is 282 g/mol. The second-order valence-electron chi connectivity index (χ2n) is 6.76. The average Bonchev–Trinajstić information content (AvgIpc) is 3.12. The van der Waals surface area contributed by atoms with E-state index in [9.17, 15) is 9.90 Å². The Kier molecular flexibility index (Phi) is 6.00. The summed E-state index contributed by atoms with van der Waals surface area (Å²) in [5.74, 6) is 2.36. The normalized spacial score (nSPS) is 40.2. The van der Waals surface area contributed by atoms with E-state index in [0.717, 1.165) is 31.7 Å². The molecule has 2 saturated carbocycles. The van der Waals surface area contributed by atoms with Gasteiger partial charge in [0.25, 0.3) is 0 Å². The van der Waals surface area contributed by atoms with Crippen LogP contribution in [0.4, 0.5) is 0 Å². The summed E-state index contributed by atoms with van der Waals surface area (Å²) in [6, 6.07) is 0. The third-order valence-electron chi connectivity index (χ3n) is 5.43. The molecule has 2 N–H and O–H groups in total. The van der Waals surface area contributed by atoms with E-state index in [2.05, 4.69) is 10.2 Å². The Hall–Kier alpha value is -0.450. The van der Waals surface area contributed by atoms with Crippen molar-refractivity contribution >= 4 is 6.29 Å². The smallest absolute Gasteiger partial charge is 0.123 e. The summed E-state index contributed by atoms with van der Waals surface area (Å²) in [6.07, 6.45) is 8.47. The maximum atomic E-state index is 10.5. The number of aliphatic hydroxyl groups is 1. The van der Waals surface area contributed by atoms with Gasteiger partial charge in [0.05, 0.1) is 0 Å². The molecule has 116 valence electrons. The summed E-state index contributed by atoms with van der Waals surface area (Å²) in [7, 11) is 3.96. The maximum absolute atomic E-state index is 10.5. The Balaban J connectivity index is 0.000000147. The third-order valence-corrected chi connectivity index (χ3v) is 5.43. The Morgan fingerprint density at radius 3 is 2.65 bits per heavy atom. The van der Waals surface area contributed by atoms with E-state index < -0.39 is 0 Å². The van der Waals surface area contributed by atoms with E-state index in [1.807, 2.05) is 14.1 Å². The van der Waals surface area contributed by atoms with E-state index in [1.54, 1.807) is 0 Å². The molecule has 4 heteroatoms. The number of likely N-dealkylation sites (tertiary alicyclic amines) is 1. The van der Waals surface area contributed by atoms with E-state index in [-0.39, 0.29) is 6.23 Å². The highest BCUT2D eigenvalue weighted by molar-refractivity contribution is 5.54. The predicted molar refractivity (Wildman–Crippen MR) is 80.3 cm³/mol. The minimum atomic E-state index is -0.132. The molecular formula is C16H30N2O2. The van der Waals surface area contributed by atoms with Gasteiger partial charge in [-0.2, -0.15) is 0 Å². The van der Waals surface area contributed by atoms with Gasteiger partial charge in [0.2, 0.25) is 0 Å². The number of hydrogen-bond donors (Lipinski definition) is 2. The molecule has 3 fully saturated rings. The molecule has 0 aromatic rings. The summed E-state index contributed by atoms with van der Waals surface area (Å²) >= 11 is 0. The van der Waals surface area contributed by atoms with Gasteiger partial charge in [0, 0.05) is 18.4 Å².